The van der Waals surface area contributed by atoms with Crippen LogP contribution in [0.25, 0.3) is 0 Å². The van der Waals surface area contributed by atoms with Gasteiger partial charge in [0, 0.05) is 90.9 Å². The molecule has 5 aromatic rings. The van der Waals surface area contributed by atoms with Crippen molar-refractivity contribution in [1.82, 2.24) is 47.8 Å². The van der Waals surface area contributed by atoms with Crippen molar-refractivity contribution in [3.05, 3.63) is 163 Å². The van der Waals surface area contributed by atoms with Crippen molar-refractivity contribution in [1.29, 1.82) is 0 Å². The molecule has 5 aromatic heterocycles. The number of aromatic amines is 5. The summed E-state index contributed by atoms with van der Waals surface area (Å²) in [6.07, 6.45) is 29.9. The minimum atomic E-state index is -3.88. The van der Waals surface area contributed by atoms with Gasteiger partial charge in [0.1, 0.15) is 61.7 Å². The molecule has 35 nitrogen and oxygen atoms in total. The van der Waals surface area contributed by atoms with E-state index in [0.717, 1.165) is 22.8 Å². The summed E-state index contributed by atoms with van der Waals surface area (Å²) in [4.78, 5) is 139. The van der Waals surface area contributed by atoms with E-state index in [1.807, 2.05) is 0 Å². The SMILES string of the molecule is C#CP(=C)(OC[C@H]1O[C@@H](n2cc(C)c(=O)[nH]c2=O)CC1OP(=C)(C#C)OC[C@H]1O[C@@H](n2cc(C)c(=O)[nH]c2=O)CC1OP(=C)(C#C)OC[C@H]1O[C@@H](n2cc(C)c(=O)[nH]c2=O)CC1OP(=C)(C#C)OC[C@H]1O[C@@H](n2cc(C)c(=O)[nH]c2=O)CC1O)OC1C[C@H](n2cc(C)c(=O)[nH]c2=O)O[C@@H]1CO. The largest absolute Gasteiger partial charge is 0.394 e. The Balaban J connectivity index is 0.871. The molecule has 101 heavy (non-hydrogen) atoms. The Morgan fingerprint density at radius 1 is 0.396 bits per heavy atom. The third-order valence-corrected chi connectivity index (χ3v) is 23.5. The van der Waals surface area contributed by atoms with Crippen LogP contribution in [-0.2, 0) is 59.9 Å². The van der Waals surface area contributed by atoms with E-state index in [1.165, 1.54) is 65.6 Å². The van der Waals surface area contributed by atoms with Gasteiger partial charge in [-0.05, 0) is 82.5 Å². The second-order valence-electron chi connectivity index (χ2n) is 24.4. The zero-order valence-electron chi connectivity index (χ0n) is 55.1. The third kappa shape index (κ3) is 17.0. The number of aryl methyl sites for hydroxylation is 5. The first-order valence-electron chi connectivity index (χ1n) is 31.0. The third-order valence-electron chi connectivity index (χ3n) is 17.2. The van der Waals surface area contributed by atoms with Gasteiger partial charge in [-0.25, -0.2) is 24.0 Å². The fourth-order valence-corrected chi connectivity index (χ4v) is 16.6. The van der Waals surface area contributed by atoms with Crippen LogP contribution >= 0.6 is 29.4 Å². The standard InChI is InChI=1S/C62H74N10O25P4/c1-14-98(10,85-29-44-38(74)18-48(90-44)68-23-33(5)53(75)63-58(68)80)95-40-20-50(70-25-35(7)55(77)65-60(70)82)92-46(40)31-87-100(12,16-3)97-42-22-52(72-27-37(9)57(79)67-62(72)84)93-47(42)32-88-101(13,17-4)96-41-21-51(71-26-36(8)56(78)66-61(71)83)91-45(41)30-86-99(11,15-2)94-39-19-49(89-43(39)28-73)69-24-34(6)54(76)64-59(69)81/h1-4,23-27,38-52,73-74H,10-13,18-22,28-32H2,5-9H3,(H,63,75,80)(H,64,76,81)(H,65,77,82)(H,66,78,83)(H,67,79,84)/t38?,39?,40?,41?,42?,43-,44-,45-,46-,47-,48-,49-,50-,51-,52-,98?,99?,100?,101?/m1/s1. The molecule has 542 valence electrons. The highest BCUT2D eigenvalue weighted by atomic mass is 31.2. The summed E-state index contributed by atoms with van der Waals surface area (Å²) < 4.78 is 88.0. The number of ether oxygens (including phenoxy) is 5. The van der Waals surface area contributed by atoms with Crippen LogP contribution in [0.3, 0.4) is 0 Å². The number of hydrogen-bond acceptors (Lipinski definition) is 25. The van der Waals surface area contributed by atoms with Crippen LogP contribution in [0.15, 0.2) is 78.9 Å². The second-order valence-corrected chi connectivity index (χ2v) is 32.7. The quantitative estimate of drug-likeness (QED) is 0.0286. The molecule has 0 aliphatic carbocycles. The highest BCUT2D eigenvalue weighted by molar-refractivity contribution is 7.70. The molecule has 7 N–H and O–H groups in total. The van der Waals surface area contributed by atoms with Crippen molar-refractivity contribution in [2.75, 3.05) is 33.0 Å². The molecule has 5 fully saturated rings. The van der Waals surface area contributed by atoms with Crippen LogP contribution in [0, 0.1) is 83.0 Å². The molecule has 0 spiro atoms. The van der Waals surface area contributed by atoms with Crippen molar-refractivity contribution in [2.24, 2.45) is 0 Å². The fraction of sp³-hybridized carbons (Fsp3) is 0.484. The number of aliphatic hydroxyl groups excluding tert-OH is 2. The number of H-pyrrole nitrogens is 5. The van der Waals surface area contributed by atoms with Crippen molar-refractivity contribution in [2.45, 2.75) is 159 Å². The van der Waals surface area contributed by atoms with Crippen LogP contribution in [-0.4, -0.2) is 177 Å². The molecule has 9 unspecified atom stereocenters. The Labute approximate surface area is 573 Å². The first-order chi connectivity index (χ1) is 47.7. The maximum atomic E-state index is 13.5. The van der Waals surface area contributed by atoms with Gasteiger partial charge in [0.05, 0.1) is 63.6 Å². The Hall–Kier alpha value is -7.76. The highest BCUT2D eigenvalue weighted by Crippen LogP contribution is 2.57. The Morgan fingerprint density at radius 3 is 0.842 bits per heavy atom. The van der Waals surface area contributed by atoms with Crippen LogP contribution in [0.4, 0.5) is 0 Å². The average molecular weight is 1480 g/mol. The van der Waals surface area contributed by atoms with Gasteiger partial charge in [0.2, 0.25) is 0 Å². The van der Waals surface area contributed by atoms with Crippen molar-refractivity contribution >= 4 is 54.6 Å². The van der Waals surface area contributed by atoms with E-state index < -0.39 is 211 Å². The molecule has 5 aliphatic rings. The summed E-state index contributed by atoms with van der Waals surface area (Å²) in [5.74, 6) is 0. The lowest BCUT2D eigenvalue weighted by Crippen LogP contribution is -2.33. The molecule has 5 saturated heterocycles. The molecule has 0 amide bonds. The maximum absolute atomic E-state index is 13.5. The molecular weight excluding hydrogens is 1410 g/mol. The summed E-state index contributed by atoms with van der Waals surface area (Å²) in [6.45, 7) is 4.92. The Bertz CT molecular complexity index is 5050. The lowest BCUT2D eigenvalue weighted by Gasteiger charge is -2.31. The zero-order chi connectivity index (χ0) is 73.4. The van der Waals surface area contributed by atoms with E-state index in [1.54, 1.807) is 0 Å². The number of nitrogens with one attached hydrogen (secondary N) is 5. The summed E-state index contributed by atoms with van der Waals surface area (Å²) in [5, 5.41) is 21.4. The monoisotopic (exact) mass is 1480 g/mol. The number of aromatic nitrogens is 10. The smallest absolute Gasteiger partial charge is 0.330 e. The van der Waals surface area contributed by atoms with Gasteiger partial charge in [-0.3, -0.25) is 71.7 Å². The highest BCUT2D eigenvalue weighted by Gasteiger charge is 2.47. The molecule has 39 heteroatoms. The number of aliphatic hydroxyl groups is 2. The number of hydrogen-bond donors (Lipinski definition) is 7. The summed E-state index contributed by atoms with van der Waals surface area (Å²) in [5.41, 5.74) is 3.54. The normalized spacial score (nSPS) is 28.8. The van der Waals surface area contributed by atoms with Gasteiger partial charge >= 0.3 is 28.4 Å². The van der Waals surface area contributed by atoms with Crippen LogP contribution in [0.2, 0.25) is 0 Å². The molecule has 0 bridgehead atoms. The minimum absolute atomic E-state index is 0.0512. The van der Waals surface area contributed by atoms with Crippen LogP contribution < -0.4 is 56.2 Å². The topological polar surface area (TPSA) is 435 Å². The van der Waals surface area contributed by atoms with Gasteiger partial charge < -0.3 is 70.1 Å². The van der Waals surface area contributed by atoms with E-state index in [-0.39, 0.29) is 59.9 Å². The summed E-state index contributed by atoms with van der Waals surface area (Å²) in [7, 11) is -15.1. The van der Waals surface area contributed by atoms with Crippen LogP contribution in [0.5, 0.6) is 0 Å². The van der Waals surface area contributed by atoms with Gasteiger partial charge in [-0.2, -0.15) is 0 Å². The Morgan fingerprint density at radius 2 is 0.604 bits per heavy atom. The zero-order valence-corrected chi connectivity index (χ0v) is 58.6. The molecule has 0 saturated carbocycles. The molecule has 0 radical (unpaired) electrons. The number of terminal acetylenes is 4. The fourth-order valence-electron chi connectivity index (χ4n) is 11.6. The summed E-state index contributed by atoms with van der Waals surface area (Å²) >= 11 is 0. The molecule has 10 rings (SSSR count). The Kier molecular flexibility index (Phi) is 23.0. The predicted molar refractivity (Wildman–Crippen MR) is 371 cm³/mol. The maximum Gasteiger partial charge on any atom is 0.330 e. The van der Waals surface area contributed by atoms with Crippen molar-refractivity contribution in [3.8, 4) is 48.3 Å². The van der Waals surface area contributed by atoms with Gasteiger partial charge in [0.25, 0.3) is 27.8 Å². The lowest BCUT2D eigenvalue weighted by atomic mass is 10.2. The van der Waals surface area contributed by atoms with Gasteiger partial charge in [0.15, 0.2) is 29.4 Å². The van der Waals surface area contributed by atoms with Gasteiger partial charge in [-0.1, -0.05) is 0 Å². The van der Waals surface area contributed by atoms with E-state index in [4.69, 9.17) is 85.6 Å². The summed E-state index contributed by atoms with van der Waals surface area (Å²) in [6, 6.07) is 0. The van der Waals surface area contributed by atoms with E-state index >= 15 is 0 Å². The molecular formula is C62H74N10O25P4. The molecule has 19 atom stereocenters. The predicted octanol–water partition coefficient (Wildman–Crippen LogP) is 0.159. The average Bonchev–Trinajstić information content (AvgIpc) is 1.68. The molecule has 5 aliphatic heterocycles. The van der Waals surface area contributed by atoms with E-state index in [0.29, 0.717) is 0 Å². The first kappa shape index (κ1) is 75.9. The second kappa shape index (κ2) is 30.7. The van der Waals surface area contributed by atoms with Gasteiger partial charge in [-0.15, -0.1) is 25.7 Å². The minimum Gasteiger partial charge on any atom is -0.394 e. The van der Waals surface area contributed by atoms with Crippen molar-refractivity contribution in [3.63, 3.8) is 0 Å². The molecule has 10 heterocycles. The van der Waals surface area contributed by atoms with Crippen LogP contribution in [0.1, 0.15) is 91.1 Å². The molecule has 0 aromatic carbocycles. The first-order valence-corrected chi connectivity index (χ1v) is 38.3. The lowest BCUT2D eigenvalue weighted by molar-refractivity contribution is -0.0511. The van der Waals surface area contributed by atoms with Crippen molar-refractivity contribution < 1.29 is 70.1 Å². The number of rotatable bonds is 26. The van der Waals surface area contributed by atoms with E-state index in [2.05, 4.69) is 72.8 Å². The number of nitrogens with zero attached hydrogens (tertiary/aromatic N) is 5. The van der Waals surface area contributed by atoms with E-state index in [9.17, 15) is 58.2 Å².